The number of benzene rings is 3. The highest BCUT2D eigenvalue weighted by Crippen LogP contribution is 2.40. The second-order valence-electron chi connectivity index (χ2n) is 8.94. The zero-order chi connectivity index (χ0) is 25.9. The molecule has 0 fully saturated rings. The molecule has 0 aliphatic carbocycles. The Morgan fingerprint density at radius 2 is 1.78 bits per heavy atom. The molecule has 4 aromatic rings. The summed E-state index contributed by atoms with van der Waals surface area (Å²) in [6.07, 6.45) is 0.283. The Hall–Kier alpha value is -3.04. The molecule has 0 radical (unpaired) electrons. The highest BCUT2D eigenvalue weighted by atomic mass is 79.9. The third-order valence-corrected chi connectivity index (χ3v) is 7.00. The highest BCUT2D eigenvalue weighted by molar-refractivity contribution is 9.10. The number of aromatic amines is 1. The molecular weight excluding hydrogens is 558 g/mol. The fraction of sp³-hybridized carbons (Fsp3) is 0.250. The van der Waals surface area contributed by atoms with Gasteiger partial charge in [-0.2, -0.15) is 5.06 Å². The molecule has 1 amide bonds. The van der Waals surface area contributed by atoms with Crippen molar-refractivity contribution in [2.75, 3.05) is 33.9 Å². The quantitative estimate of drug-likeness (QED) is 0.196. The number of fused-ring (bicyclic) bond motifs is 3. The summed E-state index contributed by atoms with van der Waals surface area (Å²) in [5, 5.41) is 3.40. The highest BCUT2D eigenvalue weighted by Gasteiger charge is 2.35. The Morgan fingerprint density at radius 3 is 2.51 bits per heavy atom. The number of carbonyl (C=O) groups excluding carboxylic acids is 1. The van der Waals surface area contributed by atoms with Crippen LogP contribution in [0.15, 0.2) is 71.2 Å². The Balaban J connectivity index is 1.45. The van der Waals surface area contributed by atoms with Crippen LogP contribution < -0.4 is 9.47 Å². The zero-order valence-electron chi connectivity index (χ0n) is 20.5. The smallest absolute Gasteiger partial charge is 0.416 e. The van der Waals surface area contributed by atoms with Crippen molar-refractivity contribution in [1.29, 1.82) is 0 Å². The van der Waals surface area contributed by atoms with Gasteiger partial charge in [0.1, 0.15) is 30.8 Å². The standard InChI is InChI=1S/C28H27BrClN3O4/c1-32(2)36-16-15-35-21-8-3-18(4-9-21)27-26-23(24-17-20(30)7-12-25(24)31-26)13-14-33(27)28(34)37-22-10-5-19(29)6-11-22/h3-12,17,27,31H,13-16H2,1-2H3. The third-order valence-electron chi connectivity index (χ3n) is 6.24. The molecule has 9 heteroatoms. The number of aromatic nitrogens is 1. The van der Waals surface area contributed by atoms with Gasteiger partial charge in [0.25, 0.3) is 0 Å². The molecule has 1 atom stereocenters. The van der Waals surface area contributed by atoms with Crippen molar-refractivity contribution in [3.8, 4) is 11.5 Å². The number of carbonyl (C=O) groups is 1. The van der Waals surface area contributed by atoms with Crippen LogP contribution in [0.2, 0.25) is 5.02 Å². The summed E-state index contributed by atoms with van der Waals surface area (Å²) < 4.78 is 12.5. The monoisotopic (exact) mass is 583 g/mol. The summed E-state index contributed by atoms with van der Waals surface area (Å²) >= 11 is 9.73. The van der Waals surface area contributed by atoms with E-state index in [-0.39, 0.29) is 6.04 Å². The lowest BCUT2D eigenvalue weighted by Crippen LogP contribution is -2.42. The first-order valence-electron chi connectivity index (χ1n) is 12.0. The zero-order valence-corrected chi connectivity index (χ0v) is 22.9. The maximum atomic E-state index is 13.4. The molecule has 1 N–H and O–H groups in total. The molecule has 0 saturated carbocycles. The minimum atomic E-state index is -0.407. The molecular formula is C28H27BrClN3O4. The number of ether oxygens (including phenoxy) is 2. The summed E-state index contributed by atoms with van der Waals surface area (Å²) in [6.45, 7) is 1.39. The molecule has 1 aliphatic rings. The van der Waals surface area contributed by atoms with E-state index in [1.165, 1.54) is 0 Å². The van der Waals surface area contributed by atoms with Crippen LogP contribution in [0.5, 0.6) is 11.5 Å². The van der Waals surface area contributed by atoms with E-state index in [1.807, 2.05) is 68.7 Å². The molecule has 0 saturated heterocycles. The minimum absolute atomic E-state index is 0.357. The van der Waals surface area contributed by atoms with Crippen LogP contribution >= 0.6 is 27.5 Å². The van der Waals surface area contributed by atoms with E-state index < -0.39 is 6.09 Å². The van der Waals surface area contributed by atoms with Gasteiger partial charge >= 0.3 is 6.09 Å². The molecule has 5 rings (SSSR count). The van der Waals surface area contributed by atoms with E-state index in [9.17, 15) is 4.79 Å². The first-order chi connectivity index (χ1) is 17.9. The number of hydrogen-bond acceptors (Lipinski definition) is 5. The summed E-state index contributed by atoms with van der Waals surface area (Å²) in [4.78, 5) is 24.1. The van der Waals surface area contributed by atoms with Crippen molar-refractivity contribution < 1.29 is 19.1 Å². The van der Waals surface area contributed by atoms with Crippen LogP contribution in [-0.2, 0) is 11.3 Å². The van der Waals surface area contributed by atoms with Gasteiger partial charge in [-0.1, -0.05) is 39.7 Å². The molecule has 2 heterocycles. The molecule has 1 aromatic heterocycles. The van der Waals surface area contributed by atoms with Gasteiger partial charge < -0.3 is 14.5 Å². The van der Waals surface area contributed by atoms with E-state index >= 15 is 0 Å². The predicted octanol–water partition coefficient (Wildman–Crippen LogP) is 6.60. The van der Waals surface area contributed by atoms with Crippen LogP contribution in [0, 0.1) is 0 Å². The molecule has 192 valence electrons. The summed E-state index contributed by atoms with van der Waals surface area (Å²) in [5.74, 6) is 1.22. The maximum Gasteiger partial charge on any atom is 0.416 e. The number of rotatable bonds is 7. The maximum absolute atomic E-state index is 13.4. The minimum Gasteiger partial charge on any atom is -0.491 e. The molecule has 3 aromatic carbocycles. The molecule has 37 heavy (non-hydrogen) atoms. The van der Waals surface area contributed by atoms with Gasteiger partial charge in [0.2, 0.25) is 0 Å². The summed E-state index contributed by atoms with van der Waals surface area (Å²) in [7, 11) is 3.66. The Bertz CT molecular complexity index is 1390. The second kappa shape index (κ2) is 11.1. The number of hydrogen-bond donors (Lipinski definition) is 1. The number of H-pyrrole nitrogens is 1. The van der Waals surface area contributed by atoms with E-state index in [1.54, 1.807) is 22.1 Å². The third kappa shape index (κ3) is 5.78. The van der Waals surface area contributed by atoms with Crippen molar-refractivity contribution in [3.63, 3.8) is 0 Å². The van der Waals surface area contributed by atoms with Crippen molar-refractivity contribution in [1.82, 2.24) is 14.9 Å². The topological polar surface area (TPSA) is 67.0 Å². The number of hydroxylamine groups is 2. The van der Waals surface area contributed by atoms with Crippen molar-refractivity contribution in [2.45, 2.75) is 12.5 Å². The first-order valence-corrected chi connectivity index (χ1v) is 13.1. The molecule has 0 spiro atoms. The van der Waals surface area contributed by atoms with Crippen LogP contribution in [0.1, 0.15) is 22.9 Å². The number of halogens is 2. The lowest BCUT2D eigenvalue weighted by Gasteiger charge is -2.35. The fourth-order valence-corrected chi connectivity index (χ4v) is 5.03. The number of nitrogens with zero attached hydrogens (tertiary/aromatic N) is 2. The summed E-state index contributed by atoms with van der Waals surface area (Å²) in [5.41, 5.74) is 4.06. The van der Waals surface area contributed by atoms with Gasteiger partial charge in [-0.25, -0.2) is 4.79 Å². The van der Waals surface area contributed by atoms with Crippen LogP contribution in [0.25, 0.3) is 10.9 Å². The largest absolute Gasteiger partial charge is 0.491 e. The Labute approximate surface area is 228 Å². The SMILES string of the molecule is CN(C)OCCOc1ccc(C2c3[nH]c4ccc(Cl)cc4c3CCN2C(=O)Oc2ccc(Br)cc2)cc1. The van der Waals surface area contributed by atoms with Gasteiger partial charge in [0.15, 0.2) is 0 Å². The lowest BCUT2D eigenvalue weighted by molar-refractivity contribution is -0.126. The number of amides is 1. The van der Waals surface area contributed by atoms with Gasteiger partial charge in [0, 0.05) is 46.7 Å². The van der Waals surface area contributed by atoms with Crippen LogP contribution in [0.3, 0.4) is 0 Å². The first kappa shape index (κ1) is 25.6. The Kier molecular flexibility index (Phi) is 7.71. The van der Waals surface area contributed by atoms with E-state index in [0.29, 0.717) is 37.0 Å². The van der Waals surface area contributed by atoms with E-state index in [4.69, 9.17) is 25.9 Å². The van der Waals surface area contributed by atoms with E-state index in [0.717, 1.165) is 37.9 Å². The van der Waals surface area contributed by atoms with Gasteiger partial charge in [-0.05, 0) is 72.1 Å². The summed E-state index contributed by atoms with van der Waals surface area (Å²) in [6, 6.07) is 20.5. The fourth-order valence-electron chi connectivity index (χ4n) is 4.59. The molecule has 0 bridgehead atoms. The van der Waals surface area contributed by atoms with Crippen molar-refractivity contribution >= 4 is 44.5 Å². The normalized spacial score (nSPS) is 15.2. The van der Waals surface area contributed by atoms with Gasteiger partial charge in [-0.3, -0.25) is 9.74 Å². The average molecular weight is 585 g/mol. The number of nitrogens with one attached hydrogen (secondary N) is 1. The van der Waals surface area contributed by atoms with Crippen molar-refractivity contribution in [3.05, 3.63) is 93.0 Å². The van der Waals surface area contributed by atoms with Crippen molar-refractivity contribution in [2.24, 2.45) is 0 Å². The van der Waals surface area contributed by atoms with E-state index in [2.05, 4.69) is 20.9 Å². The average Bonchev–Trinajstić information content (AvgIpc) is 3.25. The molecule has 1 aliphatic heterocycles. The molecule has 1 unspecified atom stereocenters. The van der Waals surface area contributed by atoms with Crippen LogP contribution in [-0.4, -0.2) is 54.9 Å². The predicted molar refractivity (Wildman–Crippen MR) is 147 cm³/mol. The Morgan fingerprint density at radius 1 is 1.05 bits per heavy atom. The van der Waals surface area contributed by atoms with Gasteiger partial charge in [-0.15, -0.1) is 0 Å². The lowest BCUT2D eigenvalue weighted by atomic mass is 9.92. The second-order valence-corrected chi connectivity index (χ2v) is 10.3. The molecule has 7 nitrogen and oxygen atoms in total. The van der Waals surface area contributed by atoms with Crippen LogP contribution in [0.4, 0.5) is 4.79 Å². The van der Waals surface area contributed by atoms with Gasteiger partial charge in [0.05, 0.1) is 0 Å².